The van der Waals surface area contributed by atoms with Crippen LogP contribution in [0.4, 0.5) is 0 Å². The molecule has 1 atom stereocenters. The summed E-state index contributed by atoms with van der Waals surface area (Å²) in [6.45, 7) is 2.17. The third-order valence-corrected chi connectivity index (χ3v) is 2.93. The molecule has 0 fully saturated rings. The van der Waals surface area contributed by atoms with Gasteiger partial charge in [-0.05, 0) is 19.4 Å². The van der Waals surface area contributed by atoms with E-state index < -0.39 is 0 Å². The van der Waals surface area contributed by atoms with E-state index in [2.05, 4.69) is 5.32 Å². The predicted molar refractivity (Wildman–Crippen MR) is 79.5 cm³/mol. The van der Waals surface area contributed by atoms with Crippen LogP contribution in [0.1, 0.15) is 18.9 Å². The first kappa shape index (κ1) is 16.6. The lowest BCUT2D eigenvalue weighted by Crippen LogP contribution is -2.21. The van der Waals surface area contributed by atoms with Crippen LogP contribution in [0, 0.1) is 0 Å². The van der Waals surface area contributed by atoms with Crippen LogP contribution in [0.15, 0.2) is 12.1 Å². The van der Waals surface area contributed by atoms with Crippen molar-refractivity contribution >= 4 is 17.5 Å². The highest BCUT2D eigenvalue weighted by molar-refractivity contribution is 6.30. The minimum absolute atomic E-state index is 0.0283. The van der Waals surface area contributed by atoms with E-state index in [0.29, 0.717) is 22.9 Å². The number of halogens is 1. The Morgan fingerprint density at radius 3 is 2.75 bits per heavy atom. The minimum atomic E-state index is -0.0772. The first-order valence-electron chi connectivity index (χ1n) is 6.43. The highest BCUT2D eigenvalue weighted by Crippen LogP contribution is 2.35. The predicted octanol–water partition coefficient (Wildman–Crippen LogP) is 1.75. The van der Waals surface area contributed by atoms with Gasteiger partial charge in [0.2, 0.25) is 5.91 Å². The number of hydrogen-bond donors (Lipinski definition) is 2. The molecule has 20 heavy (non-hydrogen) atoms. The average Bonchev–Trinajstić information content (AvgIpc) is 2.39. The number of nitrogens with two attached hydrogens (primary N) is 1. The maximum absolute atomic E-state index is 11.2. The van der Waals surface area contributed by atoms with Gasteiger partial charge < -0.3 is 20.5 Å². The van der Waals surface area contributed by atoms with E-state index in [9.17, 15) is 4.79 Å². The third-order valence-electron chi connectivity index (χ3n) is 2.71. The van der Waals surface area contributed by atoms with E-state index in [1.54, 1.807) is 20.2 Å². The van der Waals surface area contributed by atoms with Crippen molar-refractivity contribution in [2.24, 2.45) is 5.73 Å². The standard InChI is InChI=1S/C14H21ClN2O3/c1-9(16)6-10-7-11(15)8-12(19-3)14(10)20-5-4-13(18)17-2/h7-9H,4-6,16H2,1-3H3,(H,17,18). The molecule has 1 rings (SSSR count). The van der Waals surface area contributed by atoms with Gasteiger partial charge in [-0.15, -0.1) is 0 Å². The van der Waals surface area contributed by atoms with E-state index in [1.807, 2.05) is 13.0 Å². The van der Waals surface area contributed by atoms with Crippen LogP contribution in [0.3, 0.4) is 0 Å². The van der Waals surface area contributed by atoms with E-state index in [1.165, 1.54) is 0 Å². The second kappa shape index (κ2) is 7.97. The van der Waals surface area contributed by atoms with Crippen molar-refractivity contribution in [3.05, 3.63) is 22.7 Å². The van der Waals surface area contributed by atoms with E-state index in [4.69, 9.17) is 26.8 Å². The van der Waals surface area contributed by atoms with Crippen LogP contribution in [0.5, 0.6) is 11.5 Å². The molecule has 0 radical (unpaired) electrons. The molecule has 0 heterocycles. The largest absolute Gasteiger partial charge is 0.493 e. The van der Waals surface area contributed by atoms with Gasteiger partial charge in [0.05, 0.1) is 20.1 Å². The Labute approximate surface area is 124 Å². The summed E-state index contributed by atoms with van der Waals surface area (Å²) in [5.74, 6) is 1.06. The molecule has 1 unspecified atom stereocenters. The van der Waals surface area contributed by atoms with Gasteiger partial charge in [-0.1, -0.05) is 11.6 Å². The lowest BCUT2D eigenvalue weighted by molar-refractivity contribution is -0.121. The van der Waals surface area contributed by atoms with Crippen LogP contribution in [0.25, 0.3) is 0 Å². The summed E-state index contributed by atoms with van der Waals surface area (Å²) in [6.07, 6.45) is 0.895. The number of carbonyl (C=O) groups is 1. The first-order valence-corrected chi connectivity index (χ1v) is 6.81. The summed E-state index contributed by atoms with van der Waals surface area (Å²) in [5.41, 5.74) is 6.71. The topological polar surface area (TPSA) is 73.6 Å². The molecule has 0 aromatic heterocycles. The van der Waals surface area contributed by atoms with Crippen molar-refractivity contribution in [1.82, 2.24) is 5.32 Å². The van der Waals surface area contributed by atoms with Crippen LogP contribution in [0.2, 0.25) is 5.02 Å². The Kier molecular flexibility index (Phi) is 6.61. The number of rotatable bonds is 7. The van der Waals surface area contributed by atoms with Gasteiger partial charge in [-0.2, -0.15) is 0 Å². The van der Waals surface area contributed by atoms with Gasteiger partial charge >= 0.3 is 0 Å². The van der Waals surface area contributed by atoms with Gasteiger partial charge in [0, 0.05) is 29.7 Å². The van der Waals surface area contributed by atoms with Crippen molar-refractivity contribution < 1.29 is 14.3 Å². The van der Waals surface area contributed by atoms with Crippen LogP contribution in [-0.2, 0) is 11.2 Å². The zero-order chi connectivity index (χ0) is 15.1. The first-order chi connectivity index (χ1) is 9.47. The zero-order valence-electron chi connectivity index (χ0n) is 12.0. The van der Waals surface area contributed by atoms with Crippen molar-refractivity contribution in [3.8, 4) is 11.5 Å². The van der Waals surface area contributed by atoms with Crippen molar-refractivity contribution in [3.63, 3.8) is 0 Å². The summed E-state index contributed by atoms with van der Waals surface area (Å²) in [5, 5.41) is 3.11. The maximum atomic E-state index is 11.2. The molecular formula is C14H21ClN2O3. The lowest BCUT2D eigenvalue weighted by atomic mass is 10.1. The molecule has 0 bridgehead atoms. The molecule has 0 spiro atoms. The number of benzene rings is 1. The Morgan fingerprint density at radius 2 is 2.20 bits per heavy atom. The van der Waals surface area contributed by atoms with E-state index in [0.717, 1.165) is 5.56 Å². The average molecular weight is 301 g/mol. The van der Waals surface area contributed by atoms with Gasteiger partial charge in [0.15, 0.2) is 11.5 Å². The molecular weight excluding hydrogens is 280 g/mol. The number of hydrogen-bond acceptors (Lipinski definition) is 4. The van der Waals surface area contributed by atoms with Crippen molar-refractivity contribution in [2.45, 2.75) is 25.8 Å². The normalized spacial score (nSPS) is 11.8. The molecule has 3 N–H and O–H groups in total. The lowest BCUT2D eigenvalue weighted by Gasteiger charge is -2.17. The number of nitrogens with one attached hydrogen (secondary N) is 1. The molecule has 0 aliphatic carbocycles. The molecule has 0 saturated carbocycles. The second-order valence-corrected chi connectivity index (χ2v) is 4.99. The fraction of sp³-hybridized carbons (Fsp3) is 0.500. The Balaban J connectivity index is 2.92. The molecule has 6 heteroatoms. The number of methoxy groups -OCH3 is 1. The summed E-state index contributed by atoms with van der Waals surface area (Å²) < 4.78 is 11.0. The van der Waals surface area contributed by atoms with Crippen molar-refractivity contribution in [1.29, 1.82) is 0 Å². The smallest absolute Gasteiger partial charge is 0.223 e. The van der Waals surface area contributed by atoms with E-state index >= 15 is 0 Å². The van der Waals surface area contributed by atoms with Crippen LogP contribution in [-0.4, -0.2) is 32.7 Å². The van der Waals surface area contributed by atoms with Gasteiger partial charge in [-0.3, -0.25) is 4.79 Å². The van der Waals surface area contributed by atoms with E-state index in [-0.39, 0.29) is 25.0 Å². The van der Waals surface area contributed by atoms with Gasteiger partial charge in [0.1, 0.15) is 0 Å². The van der Waals surface area contributed by atoms with Crippen LogP contribution < -0.4 is 20.5 Å². The highest BCUT2D eigenvalue weighted by atomic mass is 35.5. The number of ether oxygens (including phenoxy) is 2. The molecule has 0 aliphatic heterocycles. The quantitative estimate of drug-likeness (QED) is 0.804. The monoisotopic (exact) mass is 300 g/mol. The van der Waals surface area contributed by atoms with Gasteiger partial charge in [-0.25, -0.2) is 0 Å². The minimum Gasteiger partial charge on any atom is -0.493 e. The highest BCUT2D eigenvalue weighted by Gasteiger charge is 2.14. The molecule has 1 amide bonds. The Hall–Kier alpha value is -1.46. The summed E-state index contributed by atoms with van der Waals surface area (Å²) in [4.78, 5) is 11.2. The summed E-state index contributed by atoms with van der Waals surface area (Å²) in [7, 11) is 3.14. The maximum Gasteiger partial charge on any atom is 0.223 e. The SMILES string of the molecule is CNC(=O)CCOc1c(CC(C)N)cc(Cl)cc1OC. The van der Waals surface area contributed by atoms with Crippen molar-refractivity contribution in [2.75, 3.05) is 20.8 Å². The van der Waals surface area contributed by atoms with Crippen LogP contribution >= 0.6 is 11.6 Å². The van der Waals surface area contributed by atoms with Gasteiger partial charge in [0.25, 0.3) is 0 Å². The second-order valence-electron chi connectivity index (χ2n) is 4.55. The number of amides is 1. The molecule has 1 aromatic carbocycles. The Morgan fingerprint density at radius 1 is 1.50 bits per heavy atom. The fourth-order valence-corrected chi connectivity index (χ4v) is 2.04. The Bertz CT molecular complexity index is 464. The third kappa shape index (κ3) is 4.90. The zero-order valence-corrected chi connectivity index (χ0v) is 12.8. The fourth-order valence-electron chi connectivity index (χ4n) is 1.81. The molecule has 0 aliphatic rings. The summed E-state index contributed by atoms with van der Waals surface area (Å²) in [6, 6.07) is 3.46. The molecule has 5 nitrogen and oxygen atoms in total. The molecule has 112 valence electrons. The summed E-state index contributed by atoms with van der Waals surface area (Å²) >= 11 is 6.05. The number of carbonyl (C=O) groups excluding carboxylic acids is 1. The molecule has 0 saturated heterocycles. The molecule has 1 aromatic rings.